The number of Topliss-reactive ketones (excluding diaryl/α,β-unsaturated/α-hetero) is 1. The van der Waals surface area contributed by atoms with Gasteiger partial charge in [-0.2, -0.15) is 0 Å². The van der Waals surface area contributed by atoms with Crippen LogP contribution in [0.15, 0.2) is 0 Å². The molecule has 68 valence electrons. The lowest BCUT2D eigenvalue weighted by Gasteiger charge is -2.26. The van der Waals surface area contributed by atoms with Crippen LogP contribution in [-0.4, -0.2) is 28.0 Å². The zero-order chi connectivity index (χ0) is 9.19. The third-order valence-electron chi connectivity index (χ3n) is 2.15. The van der Waals surface area contributed by atoms with Crippen LogP contribution >= 0.6 is 0 Å². The van der Waals surface area contributed by atoms with E-state index in [0.29, 0.717) is 6.42 Å². The average molecular weight is 173 g/mol. The third kappa shape index (κ3) is 1.79. The van der Waals surface area contributed by atoms with E-state index < -0.39 is 17.1 Å². The third-order valence-corrected chi connectivity index (χ3v) is 2.15. The van der Waals surface area contributed by atoms with Crippen molar-refractivity contribution in [3.05, 3.63) is 10.1 Å². The average Bonchev–Trinajstić information content (AvgIpc) is 1.94. The van der Waals surface area contributed by atoms with Crippen LogP contribution in [0.5, 0.6) is 0 Å². The topological polar surface area (TPSA) is 80.4 Å². The van der Waals surface area contributed by atoms with Gasteiger partial charge in [0, 0.05) is 11.3 Å². The normalized spacial score (nSPS) is 30.2. The highest BCUT2D eigenvalue weighted by Gasteiger charge is 2.42. The minimum Gasteiger partial charge on any atom is -0.376 e. The second kappa shape index (κ2) is 3.18. The van der Waals surface area contributed by atoms with Crippen molar-refractivity contribution in [2.45, 2.75) is 31.3 Å². The van der Waals surface area contributed by atoms with Gasteiger partial charge in [0.1, 0.15) is 0 Å². The van der Waals surface area contributed by atoms with Gasteiger partial charge in [-0.15, -0.1) is 0 Å². The van der Waals surface area contributed by atoms with Gasteiger partial charge >= 0.3 is 0 Å². The molecule has 0 saturated heterocycles. The molecule has 1 rings (SSSR count). The summed E-state index contributed by atoms with van der Waals surface area (Å²) < 4.78 is 0. The summed E-state index contributed by atoms with van der Waals surface area (Å²) in [5.41, 5.74) is -1.68. The standard InChI is InChI=1S/C7H11NO4/c9-6-3-1-2-4-7(6,10)5-8(11)12/h10H,1-5H2. The second-order valence-corrected chi connectivity index (χ2v) is 3.15. The van der Waals surface area contributed by atoms with Crippen LogP contribution in [0.2, 0.25) is 0 Å². The van der Waals surface area contributed by atoms with Crippen LogP contribution in [0.1, 0.15) is 25.7 Å². The molecule has 0 aromatic heterocycles. The highest BCUT2D eigenvalue weighted by atomic mass is 16.6. The first kappa shape index (κ1) is 9.12. The second-order valence-electron chi connectivity index (χ2n) is 3.15. The van der Waals surface area contributed by atoms with Crippen LogP contribution < -0.4 is 0 Å². The van der Waals surface area contributed by atoms with E-state index in [2.05, 4.69) is 0 Å². The Morgan fingerprint density at radius 3 is 2.75 bits per heavy atom. The molecule has 0 aliphatic heterocycles. The summed E-state index contributed by atoms with van der Waals surface area (Å²) in [6.07, 6.45) is 1.92. The van der Waals surface area contributed by atoms with Crippen molar-refractivity contribution in [2.75, 3.05) is 6.54 Å². The molecule has 1 aliphatic carbocycles. The first-order valence-electron chi connectivity index (χ1n) is 3.92. The fourth-order valence-corrected chi connectivity index (χ4v) is 1.46. The van der Waals surface area contributed by atoms with E-state index in [1.165, 1.54) is 0 Å². The lowest BCUT2D eigenvalue weighted by atomic mass is 9.84. The molecule has 1 fully saturated rings. The van der Waals surface area contributed by atoms with Crippen LogP contribution in [0.3, 0.4) is 0 Å². The molecule has 1 N–H and O–H groups in total. The number of hydrogen-bond donors (Lipinski definition) is 1. The van der Waals surface area contributed by atoms with E-state index in [9.17, 15) is 20.0 Å². The van der Waals surface area contributed by atoms with Crippen LogP contribution in [0, 0.1) is 10.1 Å². The molecule has 1 unspecified atom stereocenters. The zero-order valence-electron chi connectivity index (χ0n) is 6.65. The van der Waals surface area contributed by atoms with Crippen molar-refractivity contribution in [1.29, 1.82) is 0 Å². The summed E-state index contributed by atoms with van der Waals surface area (Å²) in [6, 6.07) is 0. The molecule has 0 amide bonds. The van der Waals surface area contributed by atoms with Gasteiger partial charge in [-0.1, -0.05) is 0 Å². The van der Waals surface area contributed by atoms with Crippen LogP contribution in [0.4, 0.5) is 0 Å². The monoisotopic (exact) mass is 173 g/mol. The number of carbonyl (C=O) groups excluding carboxylic acids is 1. The van der Waals surface area contributed by atoms with Gasteiger partial charge in [-0.3, -0.25) is 14.9 Å². The molecule has 0 aromatic carbocycles. The van der Waals surface area contributed by atoms with Gasteiger partial charge < -0.3 is 5.11 Å². The van der Waals surface area contributed by atoms with Gasteiger partial charge in [0.05, 0.1) is 0 Å². The predicted octanol–water partition coefficient (Wildman–Crippen LogP) is 0.137. The van der Waals surface area contributed by atoms with Gasteiger partial charge in [0.15, 0.2) is 11.4 Å². The fraction of sp³-hybridized carbons (Fsp3) is 0.857. The van der Waals surface area contributed by atoms with Crippen molar-refractivity contribution in [3.8, 4) is 0 Å². The number of nitro groups is 1. The van der Waals surface area contributed by atoms with E-state index in [4.69, 9.17) is 0 Å². The first-order valence-corrected chi connectivity index (χ1v) is 3.92. The number of ketones is 1. The Kier molecular flexibility index (Phi) is 2.42. The Morgan fingerprint density at radius 2 is 2.25 bits per heavy atom. The highest BCUT2D eigenvalue weighted by Crippen LogP contribution is 2.24. The summed E-state index contributed by atoms with van der Waals surface area (Å²) in [5, 5.41) is 19.6. The fourth-order valence-electron chi connectivity index (χ4n) is 1.46. The van der Waals surface area contributed by atoms with E-state index in [-0.39, 0.29) is 18.6 Å². The molecule has 5 nitrogen and oxygen atoms in total. The maximum atomic E-state index is 11.1. The Labute approximate surface area is 69.5 Å². The van der Waals surface area contributed by atoms with Crippen LogP contribution in [0.25, 0.3) is 0 Å². The van der Waals surface area contributed by atoms with Gasteiger partial charge in [0.2, 0.25) is 6.54 Å². The molecule has 0 heterocycles. The summed E-state index contributed by atoms with van der Waals surface area (Å²) >= 11 is 0. The van der Waals surface area contributed by atoms with E-state index >= 15 is 0 Å². The number of rotatable bonds is 2. The molecule has 5 heteroatoms. The van der Waals surface area contributed by atoms with Crippen molar-refractivity contribution in [3.63, 3.8) is 0 Å². The maximum absolute atomic E-state index is 11.1. The van der Waals surface area contributed by atoms with Gasteiger partial charge in [-0.25, -0.2) is 0 Å². The van der Waals surface area contributed by atoms with E-state index in [0.717, 1.165) is 6.42 Å². The number of aliphatic hydroxyl groups is 1. The molecule has 0 radical (unpaired) electrons. The molecule has 0 aromatic rings. The van der Waals surface area contributed by atoms with Gasteiger partial charge in [0.25, 0.3) is 0 Å². The number of hydrogen-bond acceptors (Lipinski definition) is 4. The number of carbonyl (C=O) groups is 1. The summed E-state index contributed by atoms with van der Waals surface area (Å²) in [6.45, 7) is -0.647. The molecule has 12 heavy (non-hydrogen) atoms. The molecule has 0 spiro atoms. The Morgan fingerprint density at radius 1 is 1.58 bits per heavy atom. The Hall–Kier alpha value is -0.970. The van der Waals surface area contributed by atoms with Crippen molar-refractivity contribution < 1.29 is 14.8 Å². The molecular formula is C7H11NO4. The number of nitrogens with zero attached hydrogens (tertiary/aromatic N) is 1. The highest BCUT2D eigenvalue weighted by molar-refractivity contribution is 5.87. The molecule has 1 atom stereocenters. The van der Waals surface area contributed by atoms with Crippen molar-refractivity contribution in [1.82, 2.24) is 0 Å². The quantitative estimate of drug-likeness (QED) is 0.475. The maximum Gasteiger partial charge on any atom is 0.239 e. The molecule has 0 bridgehead atoms. The zero-order valence-corrected chi connectivity index (χ0v) is 6.65. The minimum atomic E-state index is -1.68. The molecular weight excluding hydrogens is 162 g/mol. The largest absolute Gasteiger partial charge is 0.376 e. The predicted molar refractivity (Wildman–Crippen MR) is 40.3 cm³/mol. The summed E-state index contributed by atoms with van der Waals surface area (Å²) in [7, 11) is 0. The lowest BCUT2D eigenvalue weighted by molar-refractivity contribution is -0.497. The van der Waals surface area contributed by atoms with Crippen molar-refractivity contribution in [2.24, 2.45) is 0 Å². The minimum absolute atomic E-state index is 0.229. The van der Waals surface area contributed by atoms with Gasteiger partial charge in [-0.05, 0) is 19.3 Å². The SMILES string of the molecule is O=C1CCCCC1(O)C[N+](=O)[O-]. The first-order chi connectivity index (χ1) is 5.54. The van der Waals surface area contributed by atoms with Crippen molar-refractivity contribution >= 4 is 5.78 Å². The lowest BCUT2D eigenvalue weighted by Crippen LogP contribution is -2.46. The summed E-state index contributed by atoms with van der Waals surface area (Å²) in [4.78, 5) is 20.6. The smallest absolute Gasteiger partial charge is 0.239 e. The Bertz CT molecular complexity index is 215. The Balaban J connectivity index is 2.66. The van der Waals surface area contributed by atoms with E-state index in [1.54, 1.807) is 0 Å². The van der Waals surface area contributed by atoms with Crippen LogP contribution in [-0.2, 0) is 4.79 Å². The molecule has 1 aliphatic rings. The van der Waals surface area contributed by atoms with E-state index in [1.807, 2.05) is 0 Å². The molecule has 1 saturated carbocycles. The summed E-state index contributed by atoms with van der Waals surface area (Å²) in [5.74, 6) is -0.384.